The Morgan fingerprint density at radius 1 is 0.879 bits per heavy atom. The number of allylic oxidation sites excluding steroid dienone is 2. The number of aliphatic hydroxyl groups is 1. The molecule has 0 aliphatic carbocycles. The quantitative estimate of drug-likeness (QED) is 0.118. The standard InChI is InChI=1S/C27H43F2NO3/c1-2-3-4-5-6-7-8-9-10-11-12-13-14-15-18-30-23-21-24(28)26(25(29)22-23)27(32)33-20-17-16-19-31/h12-13,21-22,30-31H,2-11,14-20H2,1H3. The summed E-state index contributed by atoms with van der Waals surface area (Å²) in [5.41, 5.74) is -0.371. The number of halogens is 2. The second kappa shape index (κ2) is 19.5. The van der Waals surface area contributed by atoms with Crippen molar-refractivity contribution in [2.45, 2.75) is 96.8 Å². The fourth-order valence-electron chi connectivity index (χ4n) is 3.58. The molecule has 4 nitrogen and oxygen atoms in total. The molecule has 0 unspecified atom stereocenters. The summed E-state index contributed by atoms with van der Waals surface area (Å²) in [7, 11) is 0. The SMILES string of the molecule is CCCCCCCCCCCC=CCCCNc1cc(F)c(C(=O)OCCCCO)c(F)c1. The van der Waals surface area contributed by atoms with Crippen molar-refractivity contribution < 1.29 is 23.4 Å². The Labute approximate surface area is 198 Å². The van der Waals surface area contributed by atoms with Crippen LogP contribution in [0, 0.1) is 11.6 Å². The van der Waals surface area contributed by atoms with E-state index < -0.39 is 23.2 Å². The number of hydrogen-bond acceptors (Lipinski definition) is 4. The first-order chi connectivity index (χ1) is 16.1. The van der Waals surface area contributed by atoms with E-state index in [9.17, 15) is 13.6 Å². The summed E-state index contributed by atoms with van der Waals surface area (Å²) in [6, 6.07) is 2.24. The summed E-state index contributed by atoms with van der Waals surface area (Å²) in [4.78, 5) is 11.9. The molecule has 0 heterocycles. The van der Waals surface area contributed by atoms with Gasteiger partial charge < -0.3 is 15.2 Å². The molecular formula is C27H43F2NO3. The highest BCUT2D eigenvalue weighted by atomic mass is 19.1. The van der Waals surface area contributed by atoms with Gasteiger partial charge in [-0.05, 0) is 50.7 Å². The third-order valence-electron chi connectivity index (χ3n) is 5.55. The molecular weight excluding hydrogens is 424 g/mol. The normalized spacial score (nSPS) is 11.3. The number of aliphatic hydroxyl groups excluding tert-OH is 1. The van der Waals surface area contributed by atoms with Gasteiger partial charge in [0.25, 0.3) is 0 Å². The zero-order chi connectivity index (χ0) is 24.2. The summed E-state index contributed by atoms with van der Waals surface area (Å²) in [6.07, 6.45) is 20.2. The van der Waals surface area contributed by atoms with Crippen molar-refractivity contribution in [3.05, 3.63) is 41.5 Å². The van der Waals surface area contributed by atoms with E-state index in [4.69, 9.17) is 9.84 Å². The molecule has 1 aromatic carbocycles. The van der Waals surface area contributed by atoms with Gasteiger partial charge in [0.15, 0.2) is 0 Å². The van der Waals surface area contributed by atoms with E-state index in [1.54, 1.807) is 0 Å². The maximum atomic E-state index is 14.2. The summed E-state index contributed by atoms with van der Waals surface area (Å²) in [5.74, 6) is -2.90. The molecule has 1 rings (SSSR count). The van der Waals surface area contributed by atoms with Crippen molar-refractivity contribution in [1.82, 2.24) is 0 Å². The van der Waals surface area contributed by atoms with Crippen LogP contribution in [-0.4, -0.2) is 30.8 Å². The third kappa shape index (κ3) is 14.0. The molecule has 1 aromatic rings. The Morgan fingerprint density at radius 2 is 1.45 bits per heavy atom. The Hall–Kier alpha value is -1.95. The Balaban J connectivity index is 2.15. The van der Waals surface area contributed by atoms with Crippen LogP contribution in [0.4, 0.5) is 14.5 Å². The van der Waals surface area contributed by atoms with Crippen LogP contribution in [0.1, 0.15) is 107 Å². The van der Waals surface area contributed by atoms with Gasteiger partial charge in [0.05, 0.1) is 6.61 Å². The highest BCUT2D eigenvalue weighted by molar-refractivity contribution is 5.90. The zero-order valence-electron chi connectivity index (χ0n) is 20.3. The Morgan fingerprint density at radius 3 is 2.06 bits per heavy atom. The van der Waals surface area contributed by atoms with Crippen molar-refractivity contribution in [2.24, 2.45) is 0 Å². The molecule has 0 bridgehead atoms. The molecule has 0 saturated carbocycles. The van der Waals surface area contributed by atoms with Crippen LogP contribution in [0.2, 0.25) is 0 Å². The average Bonchev–Trinajstić information content (AvgIpc) is 2.79. The van der Waals surface area contributed by atoms with Gasteiger partial charge in [0.1, 0.15) is 17.2 Å². The molecule has 0 amide bonds. The first-order valence-corrected chi connectivity index (χ1v) is 12.8. The van der Waals surface area contributed by atoms with E-state index in [0.717, 1.165) is 31.4 Å². The second-order valence-electron chi connectivity index (χ2n) is 8.54. The molecule has 0 aliphatic heterocycles. The Kier molecular flexibility index (Phi) is 17.2. The summed E-state index contributed by atoms with van der Waals surface area (Å²) < 4.78 is 33.3. The van der Waals surface area contributed by atoms with Crippen molar-refractivity contribution in [1.29, 1.82) is 0 Å². The minimum Gasteiger partial charge on any atom is -0.462 e. The first kappa shape index (κ1) is 29.1. The van der Waals surface area contributed by atoms with Gasteiger partial charge in [-0.1, -0.05) is 70.4 Å². The van der Waals surface area contributed by atoms with Crippen LogP contribution in [0.15, 0.2) is 24.3 Å². The molecule has 6 heteroatoms. The number of unbranched alkanes of at least 4 members (excludes halogenated alkanes) is 11. The topological polar surface area (TPSA) is 58.6 Å². The van der Waals surface area contributed by atoms with E-state index in [2.05, 4.69) is 24.4 Å². The molecule has 0 fully saturated rings. The van der Waals surface area contributed by atoms with E-state index in [1.807, 2.05) is 0 Å². The minimum absolute atomic E-state index is 0.0181. The Bertz CT molecular complexity index is 656. The second-order valence-corrected chi connectivity index (χ2v) is 8.54. The summed E-state index contributed by atoms with van der Waals surface area (Å²) in [6.45, 7) is 2.84. The summed E-state index contributed by atoms with van der Waals surface area (Å²) >= 11 is 0. The van der Waals surface area contributed by atoms with Gasteiger partial charge in [-0.3, -0.25) is 0 Å². The largest absolute Gasteiger partial charge is 0.462 e. The van der Waals surface area contributed by atoms with Crippen LogP contribution in [0.5, 0.6) is 0 Å². The highest BCUT2D eigenvalue weighted by Gasteiger charge is 2.20. The molecule has 0 radical (unpaired) electrons. The van der Waals surface area contributed by atoms with Crippen LogP contribution in [-0.2, 0) is 4.74 Å². The number of ether oxygens (including phenoxy) is 1. The van der Waals surface area contributed by atoms with Crippen molar-refractivity contribution in [2.75, 3.05) is 25.1 Å². The smallest absolute Gasteiger partial charge is 0.344 e. The number of hydrogen-bond donors (Lipinski definition) is 2. The molecule has 0 aromatic heterocycles. The number of carbonyl (C=O) groups excluding carboxylic acids is 1. The molecule has 188 valence electrons. The van der Waals surface area contributed by atoms with Crippen LogP contribution in [0.25, 0.3) is 0 Å². The van der Waals surface area contributed by atoms with E-state index >= 15 is 0 Å². The van der Waals surface area contributed by atoms with E-state index in [1.165, 1.54) is 57.8 Å². The number of esters is 1. The van der Waals surface area contributed by atoms with Crippen molar-refractivity contribution in [3.63, 3.8) is 0 Å². The first-order valence-electron chi connectivity index (χ1n) is 12.8. The maximum Gasteiger partial charge on any atom is 0.344 e. The highest BCUT2D eigenvalue weighted by Crippen LogP contribution is 2.20. The lowest BCUT2D eigenvalue weighted by molar-refractivity contribution is 0.0481. The number of rotatable bonds is 20. The maximum absolute atomic E-state index is 14.2. The van der Waals surface area contributed by atoms with Gasteiger partial charge in [0, 0.05) is 18.8 Å². The van der Waals surface area contributed by atoms with Crippen molar-refractivity contribution >= 4 is 11.7 Å². The van der Waals surface area contributed by atoms with Crippen LogP contribution in [0.3, 0.4) is 0 Å². The molecule has 2 N–H and O–H groups in total. The predicted octanol–water partition coefficient (Wildman–Crippen LogP) is 7.56. The van der Waals surface area contributed by atoms with Gasteiger partial charge in [-0.2, -0.15) is 0 Å². The number of benzene rings is 1. The van der Waals surface area contributed by atoms with Gasteiger partial charge >= 0.3 is 5.97 Å². The molecule has 0 spiro atoms. The molecule has 0 atom stereocenters. The lowest BCUT2D eigenvalue weighted by Crippen LogP contribution is -2.12. The third-order valence-corrected chi connectivity index (χ3v) is 5.55. The van der Waals surface area contributed by atoms with Gasteiger partial charge in [-0.25, -0.2) is 13.6 Å². The fourth-order valence-corrected chi connectivity index (χ4v) is 3.58. The monoisotopic (exact) mass is 467 g/mol. The molecule has 0 saturated heterocycles. The van der Waals surface area contributed by atoms with Crippen LogP contribution < -0.4 is 5.32 Å². The number of carbonyl (C=O) groups is 1. The predicted molar refractivity (Wildman–Crippen MR) is 132 cm³/mol. The lowest BCUT2D eigenvalue weighted by atomic mass is 10.1. The lowest BCUT2D eigenvalue weighted by Gasteiger charge is -2.10. The summed E-state index contributed by atoms with van der Waals surface area (Å²) in [5, 5.41) is 11.7. The van der Waals surface area contributed by atoms with E-state index in [0.29, 0.717) is 25.1 Å². The van der Waals surface area contributed by atoms with E-state index in [-0.39, 0.29) is 13.2 Å². The molecule has 33 heavy (non-hydrogen) atoms. The number of nitrogens with one attached hydrogen (secondary N) is 1. The average molecular weight is 468 g/mol. The zero-order valence-corrected chi connectivity index (χ0v) is 20.3. The van der Waals surface area contributed by atoms with Crippen molar-refractivity contribution in [3.8, 4) is 0 Å². The van der Waals surface area contributed by atoms with Crippen LogP contribution >= 0.6 is 0 Å². The number of anilines is 1. The molecule has 0 aliphatic rings. The minimum atomic E-state index is -1.02. The fraction of sp³-hybridized carbons (Fsp3) is 0.667. The van der Waals surface area contributed by atoms with Gasteiger partial charge in [0.2, 0.25) is 0 Å². The van der Waals surface area contributed by atoms with Gasteiger partial charge in [-0.15, -0.1) is 0 Å².